The number of hydrogen-bond donors (Lipinski definition) is 1. The highest BCUT2D eigenvalue weighted by molar-refractivity contribution is 7.99. The highest BCUT2D eigenvalue weighted by Crippen LogP contribution is 2.18. The van der Waals surface area contributed by atoms with Crippen molar-refractivity contribution in [2.45, 2.75) is 38.3 Å². The molecule has 78 valence electrons. The molecule has 0 saturated heterocycles. The normalized spacial score (nSPS) is 12.9. The lowest BCUT2D eigenvalue weighted by molar-refractivity contribution is 0.192. The molecule has 0 aliphatic heterocycles. The molecule has 0 aliphatic rings. The Hall–Kier alpha value is -0.540. The van der Waals surface area contributed by atoms with Gasteiger partial charge in [-0.1, -0.05) is 0 Å². The zero-order chi connectivity index (χ0) is 10.6. The Bertz CT molecular complexity index is 279. The fraction of sp³-hybridized carbons (Fsp3) is 0.545. The van der Waals surface area contributed by atoms with E-state index in [4.69, 9.17) is 5.11 Å². The summed E-state index contributed by atoms with van der Waals surface area (Å²) in [6.45, 7) is 5.90. The van der Waals surface area contributed by atoms with Crippen LogP contribution >= 0.6 is 11.8 Å². The molecule has 0 amide bonds. The SMILES string of the molecule is Cc1cc(C)nc(SCCC(C)O)c1. The largest absolute Gasteiger partial charge is 0.393 e. The molecule has 0 saturated carbocycles. The Balaban J connectivity index is 2.50. The van der Waals surface area contributed by atoms with Gasteiger partial charge in [0.05, 0.1) is 11.1 Å². The topological polar surface area (TPSA) is 33.1 Å². The van der Waals surface area contributed by atoms with E-state index in [0.29, 0.717) is 0 Å². The van der Waals surface area contributed by atoms with E-state index in [1.165, 1.54) is 5.56 Å². The third-order valence-electron chi connectivity index (χ3n) is 1.86. The fourth-order valence-corrected chi connectivity index (χ4v) is 2.36. The van der Waals surface area contributed by atoms with Crippen molar-refractivity contribution >= 4 is 11.8 Å². The molecule has 1 atom stereocenters. The molecular formula is C11H17NOS. The van der Waals surface area contributed by atoms with E-state index in [2.05, 4.69) is 24.0 Å². The van der Waals surface area contributed by atoms with E-state index in [0.717, 1.165) is 22.9 Å². The molecule has 0 aliphatic carbocycles. The third kappa shape index (κ3) is 4.11. The van der Waals surface area contributed by atoms with Crippen molar-refractivity contribution in [3.05, 3.63) is 23.4 Å². The standard InChI is InChI=1S/C11H17NOS/c1-8-6-9(2)12-11(7-8)14-5-4-10(3)13/h6-7,10,13H,4-5H2,1-3H3. The summed E-state index contributed by atoms with van der Waals surface area (Å²) in [5.74, 6) is 0.924. The Morgan fingerprint density at radius 1 is 1.43 bits per heavy atom. The number of aliphatic hydroxyl groups excluding tert-OH is 1. The molecule has 3 heteroatoms. The van der Waals surface area contributed by atoms with Crippen LogP contribution in [0.1, 0.15) is 24.6 Å². The van der Waals surface area contributed by atoms with Gasteiger partial charge in [-0.25, -0.2) is 4.98 Å². The van der Waals surface area contributed by atoms with E-state index in [-0.39, 0.29) is 6.10 Å². The summed E-state index contributed by atoms with van der Waals surface area (Å²) in [4.78, 5) is 4.41. The van der Waals surface area contributed by atoms with Gasteiger partial charge in [-0.3, -0.25) is 0 Å². The van der Waals surface area contributed by atoms with Gasteiger partial charge in [0.25, 0.3) is 0 Å². The first-order valence-electron chi connectivity index (χ1n) is 4.84. The van der Waals surface area contributed by atoms with Gasteiger partial charge >= 0.3 is 0 Å². The monoisotopic (exact) mass is 211 g/mol. The van der Waals surface area contributed by atoms with Crippen LogP contribution in [0.3, 0.4) is 0 Å². The van der Waals surface area contributed by atoms with Gasteiger partial charge in [0.1, 0.15) is 0 Å². The van der Waals surface area contributed by atoms with E-state index in [1.54, 1.807) is 11.8 Å². The summed E-state index contributed by atoms with van der Waals surface area (Å²) in [5.41, 5.74) is 2.31. The average molecular weight is 211 g/mol. The first kappa shape index (κ1) is 11.5. The van der Waals surface area contributed by atoms with Crippen LogP contribution in [-0.4, -0.2) is 21.9 Å². The number of aromatic nitrogens is 1. The second kappa shape index (κ2) is 5.37. The zero-order valence-corrected chi connectivity index (χ0v) is 9.77. The predicted octanol–water partition coefficient (Wildman–Crippen LogP) is 2.56. The second-order valence-corrected chi connectivity index (χ2v) is 4.73. The van der Waals surface area contributed by atoms with Gasteiger partial charge in [0.2, 0.25) is 0 Å². The quantitative estimate of drug-likeness (QED) is 0.777. The van der Waals surface area contributed by atoms with Gasteiger partial charge in [-0.15, -0.1) is 11.8 Å². The Morgan fingerprint density at radius 2 is 2.14 bits per heavy atom. The molecule has 1 unspecified atom stereocenters. The Morgan fingerprint density at radius 3 is 2.71 bits per heavy atom. The minimum atomic E-state index is -0.214. The first-order chi connectivity index (χ1) is 6.58. The molecule has 2 nitrogen and oxygen atoms in total. The molecule has 1 heterocycles. The number of pyridine rings is 1. The van der Waals surface area contributed by atoms with Crippen LogP contribution in [-0.2, 0) is 0 Å². The first-order valence-corrected chi connectivity index (χ1v) is 5.82. The van der Waals surface area contributed by atoms with E-state index >= 15 is 0 Å². The smallest absolute Gasteiger partial charge is 0.0965 e. The fourth-order valence-electron chi connectivity index (χ4n) is 1.21. The molecule has 1 N–H and O–H groups in total. The van der Waals surface area contributed by atoms with Crippen LogP contribution in [0.2, 0.25) is 0 Å². The molecular weight excluding hydrogens is 194 g/mol. The van der Waals surface area contributed by atoms with Gasteiger partial charge in [-0.05, 0) is 44.9 Å². The van der Waals surface area contributed by atoms with Crippen LogP contribution in [0.25, 0.3) is 0 Å². The van der Waals surface area contributed by atoms with Gasteiger partial charge in [0, 0.05) is 11.4 Å². The van der Waals surface area contributed by atoms with Gasteiger partial charge in [0.15, 0.2) is 0 Å². The summed E-state index contributed by atoms with van der Waals surface area (Å²) < 4.78 is 0. The number of aliphatic hydroxyl groups is 1. The second-order valence-electron chi connectivity index (χ2n) is 3.61. The van der Waals surface area contributed by atoms with Crippen molar-refractivity contribution in [3.63, 3.8) is 0 Å². The molecule has 1 aromatic heterocycles. The maximum Gasteiger partial charge on any atom is 0.0965 e. The lowest BCUT2D eigenvalue weighted by Gasteiger charge is -2.05. The Kier molecular flexibility index (Phi) is 4.42. The highest BCUT2D eigenvalue weighted by Gasteiger charge is 2.00. The van der Waals surface area contributed by atoms with E-state index in [9.17, 15) is 0 Å². The summed E-state index contributed by atoms with van der Waals surface area (Å²) in [6, 6.07) is 4.15. The maximum absolute atomic E-state index is 9.11. The number of thioether (sulfide) groups is 1. The van der Waals surface area contributed by atoms with Crippen molar-refractivity contribution in [2.75, 3.05) is 5.75 Å². The summed E-state index contributed by atoms with van der Waals surface area (Å²) in [6.07, 6.45) is 0.604. The molecule has 0 bridgehead atoms. The minimum absolute atomic E-state index is 0.214. The van der Waals surface area contributed by atoms with Crippen molar-refractivity contribution in [3.8, 4) is 0 Å². The average Bonchev–Trinajstić information content (AvgIpc) is 2.01. The lowest BCUT2D eigenvalue weighted by atomic mass is 10.3. The van der Waals surface area contributed by atoms with Gasteiger partial charge < -0.3 is 5.11 Å². The van der Waals surface area contributed by atoms with Crippen LogP contribution < -0.4 is 0 Å². The summed E-state index contributed by atoms with van der Waals surface area (Å²) in [5, 5.41) is 10.2. The van der Waals surface area contributed by atoms with Crippen molar-refractivity contribution in [1.29, 1.82) is 0 Å². The van der Waals surface area contributed by atoms with Crippen LogP contribution in [0.5, 0.6) is 0 Å². The molecule has 0 radical (unpaired) electrons. The number of rotatable bonds is 4. The summed E-state index contributed by atoms with van der Waals surface area (Å²) in [7, 11) is 0. The third-order valence-corrected chi connectivity index (χ3v) is 2.80. The molecule has 0 spiro atoms. The Labute approximate surface area is 89.8 Å². The summed E-state index contributed by atoms with van der Waals surface area (Å²) >= 11 is 1.71. The van der Waals surface area contributed by atoms with Crippen LogP contribution in [0.15, 0.2) is 17.2 Å². The number of aryl methyl sites for hydroxylation is 2. The molecule has 14 heavy (non-hydrogen) atoms. The van der Waals surface area contributed by atoms with E-state index < -0.39 is 0 Å². The van der Waals surface area contributed by atoms with Crippen molar-refractivity contribution in [2.24, 2.45) is 0 Å². The van der Waals surface area contributed by atoms with Crippen LogP contribution in [0.4, 0.5) is 0 Å². The molecule has 0 aromatic carbocycles. The lowest BCUT2D eigenvalue weighted by Crippen LogP contribution is -2.00. The van der Waals surface area contributed by atoms with E-state index in [1.807, 2.05) is 13.8 Å². The number of hydrogen-bond acceptors (Lipinski definition) is 3. The maximum atomic E-state index is 9.11. The van der Waals surface area contributed by atoms with Crippen LogP contribution in [0, 0.1) is 13.8 Å². The zero-order valence-electron chi connectivity index (χ0n) is 8.95. The molecule has 1 aromatic rings. The van der Waals surface area contributed by atoms with Crippen molar-refractivity contribution < 1.29 is 5.11 Å². The van der Waals surface area contributed by atoms with Gasteiger partial charge in [-0.2, -0.15) is 0 Å². The molecule has 1 rings (SSSR count). The highest BCUT2D eigenvalue weighted by atomic mass is 32.2. The van der Waals surface area contributed by atoms with Crippen molar-refractivity contribution in [1.82, 2.24) is 4.98 Å². The minimum Gasteiger partial charge on any atom is -0.393 e. The molecule has 0 fully saturated rings. The predicted molar refractivity (Wildman–Crippen MR) is 60.7 cm³/mol. The number of nitrogens with zero attached hydrogens (tertiary/aromatic N) is 1.